The van der Waals surface area contributed by atoms with Gasteiger partial charge in [0.15, 0.2) is 6.04 Å². The molecule has 28 heavy (non-hydrogen) atoms. The van der Waals surface area contributed by atoms with E-state index in [0.717, 1.165) is 0 Å². The summed E-state index contributed by atoms with van der Waals surface area (Å²) < 4.78 is 19.6. The topological polar surface area (TPSA) is 105 Å². The highest BCUT2D eigenvalue weighted by atomic mass is 19.1. The van der Waals surface area contributed by atoms with E-state index in [4.69, 9.17) is 10.5 Å². The molecule has 3 amide bonds. The van der Waals surface area contributed by atoms with Crippen LogP contribution in [0.15, 0.2) is 18.2 Å². The van der Waals surface area contributed by atoms with Crippen molar-refractivity contribution >= 4 is 29.1 Å². The summed E-state index contributed by atoms with van der Waals surface area (Å²) in [5.41, 5.74) is 5.72. The number of nitrogens with two attached hydrogens (primary N) is 1. The van der Waals surface area contributed by atoms with Gasteiger partial charge in [0.05, 0.1) is 12.3 Å². The predicted molar refractivity (Wildman–Crippen MR) is 103 cm³/mol. The fraction of sp³-hybridized carbons (Fsp3) is 0.526. The Morgan fingerprint density at radius 2 is 2.11 bits per heavy atom. The maximum atomic E-state index is 14.5. The van der Waals surface area contributed by atoms with Gasteiger partial charge in [-0.05, 0) is 30.7 Å². The van der Waals surface area contributed by atoms with E-state index in [2.05, 4.69) is 5.32 Å². The zero-order valence-corrected chi connectivity index (χ0v) is 16.4. The van der Waals surface area contributed by atoms with Crippen LogP contribution in [0, 0.1) is 11.7 Å². The number of nitrogens with one attached hydrogen (secondary N) is 1. The molecular formula is C19H27FN4O4. The van der Waals surface area contributed by atoms with E-state index in [1.165, 1.54) is 23.1 Å². The molecule has 1 fully saturated rings. The van der Waals surface area contributed by atoms with Crippen LogP contribution in [-0.2, 0) is 19.1 Å². The third-order valence-corrected chi connectivity index (χ3v) is 4.40. The number of ether oxygens (including phenoxy) is 1. The summed E-state index contributed by atoms with van der Waals surface area (Å²) in [6.45, 7) is 7.33. The molecule has 154 valence electrons. The molecule has 0 bridgehead atoms. The van der Waals surface area contributed by atoms with E-state index in [1.807, 2.05) is 20.8 Å². The molecule has 8 nitrogen and oxygen atoms in total. The van der Waals surface area contributed by atoms with Gasteiger partial charge >= 0.3 is 0 Å². The predicted octanol–water partition coefficient (Wildman–Crippen LogP) is 0.959. The SMILES string of the molecule is CCN(CC(C)C)[C@@H](C(N)=O)C(=O)Nc1ccc(N2CCOCC2=O)cc1F. The van der Waals surface area contributed by atoms with Crippen molar-refractivity contribution in [2.75, 3.05) is 43.1 Å². The van der Waals surface area contributed by atoms with Gasteiger partial charge in [-0.25, -0.2) is 4.39 Å². The van der Waals surface area contributed by atoms with Crippen molar-refractivity contribution in [1.82, 2.24) is 4.90 Å². The first-order valence-corrected chi connectivity index (χ1v) is 9.26. The Kier molecular flexibility index (Phi) is 7.47. The lowest BCUT2D eigenvalue weighted by molar-refractivity contribution is -0.132. The van der Waals surface area contributed by atoms with Crippen LogP contribution in [0.5, 0.6) is 0 Å². The standard InChI is InChI=1S/C19H27FN4O4/c1-4-23(10-12(2)3)17(18(21)26)19(27)22-15-6-5-13(9-14(15)20)24-7-8-28-11-16(24)25/h5-6,9,12,17H,4,7-8,10-11H2,1-3H3,(H2,21,26)(H,22,27)/t17-/m0/s1. The van der Waals surface area contributed by atoms with E-state index in [1.54, 1.807) is 4.90 Å². The Labute approximate surface area is 163 Å². The van der Waals surface area contributed by atoms with Crippen LogP contribution in [0.2, 0.25) is 0 Å². The molecule has 0 unspecified atom stereocenters. The molecule has 0 aromatic heterocycles. The van der Waals surface area contributed by atoms with Crippen LogP contribution in [0.3, 0.4) is 0 Å². The molecular weight excluding hydrogens is 367 g/mol. The highest BCUT2D eigenvalue weighted by molar-refractivity contribution is 6.09. The van der Waals surface area contributed by atoms with Crippen molar-refractivity contribution in [3.05, 3.63) is 24.0 Å². The van der Waals surface area contributed by atoms with Crippen molar-refractivity contribution in [2.45, 2.75) is 26.8 Å². The molecule has 1 aromatic carbocycles. The van der Waals surface area contributed by atoms with E-state index < -0.39 is 23.7 Å². The first-order valence-electron chi connectivity index (χ1n) is 9.26. The van der Waals surface area contributed by atoms with Crippen molar-refractivity contribution in [3.63, 3.8) is 0 Å². The van der Waals surface area contributed by atoms with Gasteiger partial charge in [-0.15, -0.1) is 0 Å². The Balaban J connectivity index is 2.17. The van der Waals surface area contributed by atoms with E-state index in [9.17, 15) is 18.8 Å². The first kappa shape index (κ1) is 21.8. The van der Waals surface area contributed by atoms with Crippen LogP contribution < -0.4 is 16.0 Å². The van der Waals surface area contributed by atoms with Gasteiger partial charge < -0.3 is 20.7 Å². The van der Waals surface area contributed by atoms with Gasteiger partial charge in [-0.1, -0.05) is 20.8 Å². The molecule has 1 aromatic rings. The van der Waals surface area contributed by atoms with Gasteiger partial charge in [0.25, 0.3) is 11.8 Å². The molecule has 1 aliphatic heterocycles. The summed E-state index contributed by atoms with van der Waals surface area (Å²) in [5, 5.41) is 2.44. The van der Waals surface area contributed by atoms with Gasteiger partial charge in [0.1, 0.15) is 12.4 Å². The van der Waals surface area contributed by atoms with Crippen LogP contribution in [-0.4, -0.2) is 61.5 Å². The smallest absolute Gasteiger partial charge is 0.253 e. The highest BCUT2D eigenvalue weighted by Crippen LogP contribution is 2.23. The molecule has 0 radical (unpaired) electrons. The fourth-order valence-corrected chi connectivity index (χ4v) is 3.13. The summed E-state index contributed by atoms with van der Waals surface area (Å²) in [6.07, 6.45) is 0. The number of primary amides is 1. The molecule has 0 spiro atoms. The third-order valence-electron chi connectivity index (χ3n) is 4.40. The van der Waals surface area contributed by atoms with Gasteiger partial charge in [-0.3, -0.25) is 19.3 Å². The number of hydrogen-bond acceptors (Lipinski definition) is 5. The fourth-order valence-electron chi connectivity index (χ4n) is 3.13. The van der Waals surface area contributed by atoms with Crippen molar-refractivity contribution in [3.8, 4) is 0 Å². The number of hydrogen-bond donors (Lipinski definition) is 2. The lowest BCUT2D eigenvalue weighted by atomic mass is 10.1. The van der Waals surface area contributed by atoms with Crippen molar-refractivity contribution in [1.29, 1.82) is 0 Å². The lowest BCUT2D eigenvalue weighted by Crippen LogP contribution is -2.53. The van der Waals surface area contributed by atoms with Gasteiger partial charge in [0, 0.05) is 18.8 Å². The zero-order valence-electron chi connectivity index (χ0n) is 16.4. The maximum absolute atomic E-state index is 14.5. The number of nitrogens with zero attached hydrogens (tertiary/aromatic N) is 2. The number of halogens is 1. The monoisotopic (exact) mass is 394 g/mol. The maximum Gasteiger partial charge on any atom is 0.253 e. The van der Waals surface area contributed by atoms with E-state index >= 15 is 0 Å². The second kappa shape index (κ2) is 9.61. The number of morpholine rings is 1. The zero-order chi connectivity index (χ0) is 20.8. The number of rotatable bonds is 8. The summed E-state index contributed by atoms with van der Waals surface area (Å²) >= 11 is 0. The highest BCUT2D eigenvalue weighted by Gasteiger charge is 2.31. The number of amides is 3. The third kappa shape index (κ3) is 5.26. The van der Waals surface area contributed by atoms with Crippen molar-refractivity contribution < 1.29 is 23.5 Å². The largest absolute Gasteiger partial charge is 0.370 e. The Hall–Kier alpha value is -2.52. The van der Waals surface area contributed by atoms with Crippen LogP contribution >= 0.6 is 0 Å². The number of likely N-dealkylation sites (N-methyl/N-ethyl adjacent to an activating group) is 1. The summed E-state index contributed by atoms with van der Waals surface area (Å²) in [6, 6.07) is 2.87. The second-order valence-electron chi connectivity index (χ2n) is 7.04. The quantitative estimate of drug-likeness (QED) is 0.639. The lowest BCUT2D eigenvalue weighted by Gasteiger charge is -2.29. The normalized spacial score (nSPS) is 15.8. The molecule has 0 aliphatic carbocycles. The summed E-state index contributed by atoms with van der Waals surface area (Å²) in [7, 11) is 0. The number of carbonyl (C=O) groups excluding carboxylic acids is 3. The number of anilines is 2. The molecule has 2 rings (SSSR count). The molecule has 1 saturated heterocycles. The first-order chi connectivity index (χ1) is 13.2. The Morgan fingerprint density at radius 3 is 2.64 bits per heavy atom. The van der Waals surface area contributed by atoms with Crippen LogP contribution in [0.25, 0.3) is 0 Å². The minimum absolute atomic E-state index is 0.0525. The van der Waals surface area contributed by atoms with E-state index in [-0.39, 0.29) is 24.1 Å². The molecule has 9 heteroatoms. The Bertz CT molecular complexity index is 741. The molecule has 1 aliphatic rings. The molecule has 3 N–H and O–H groups in total. The van der Waals surface area contributed by atoms with Crippen LogP contribution in [0.1, 0.15) is 20.8 Å². The number of carbonyl (C=O) groups is 3. The van der Waals surface area contributed by atoms with Gasteiger partial charge in [0.2, 0.25) is 5.91 Å². The minimum Gasteiger partial charge on any atom is -0.370 e. The average Bonchev–Trinajstić information content (AvgIpc) is 2.62. The average molecular weight is 394 g/mol. The second-order valence-corrected chi connectivity index (χ2v) is 7.04. The summed E-state index contributed by atoms with van der Waals surface area (Å²) in [5.74, 6) is -2.24. The molecule has 1 atom stereocenters. The molecule has 1 heterocycles. The Morgan fingerprint density at radius 1 is 1.39 bits per heavy atom. The van der Waals surface area contributed by atoms with E-state index in [0.29, 0.717) is 31.9 Å². The van der Waals surface area contributed by atoms with Crippen LogP contribution in [0.4, 0.5) is 15.8 Å². The van der Waals surface area contributed by atoms with Gasteiger partial charge in [-0.2, -0.15) is 0 Å². The van der Waals surface area contributed by atoms with Crippen molar-refractivity contribution in [2.24, 2.45) is 11.7 Å². The summed E-state index contributed by atoms with van der Waals surface area (Å²) in [4.78, 5) is 39.4. The number of benzene rings is 1. The minimum atomic E-state index is -1.20. The molecule has 0 saturated carbocycles.